The van der Waals surface area contributed by atoms with Gasteiger partial charge in [-0.25, -0.2) is 9.97 Å². The van der Waals surface area contributed by atoms with Gasteiger partial charge in [-0.3, -0.25) is 9.97 Å². The highest BCUT2D eigenvalue weighted by Crippen LogP contribution is 2.43. The van der Waals surface area contributed by atoms with Gasteiger partial charge in [0.1, 0.15) is 0 Å². The lowest BCUT2D eigenvalue weighted by atomic mass is 9.90. The van der Waals surface area contributed by atoms with E-state index in [4.69, 9.17) is 19.9 Å². The zero-order valence-electron chi connectivity index (χ0n) is 43.2. The van der Waals surface area contributed by atoms with Crippen LogP contribution in [0, 0.1) is 0 Å². The summed E-state index contributed by atoms with van der Waals surface area (Å²) in [5.74, 6) is 0. The third-order valence-corrected chi connectivity index (χ3v) is 16.9. The van der Waals surface area contributed by atoms with E-state index in [0.29, 0.717) is 0 Å². The maximum Gasteiger partial charge on any atom is 0.0972 e. The minimum Gasteiger partial charge on any atom is -0.254 e. The monoisotopic (exact) mass is 1010 g/mol. The topological polar surface area (TPSA) is 51.6 Å². The summed E-state index contributed by atoms with van der Waals surface area (Å²) in [6, 6.07) is 93.0. The van der Waals surface area contributed by atoms with Crippen molar-refractivity contribution in [3.05, 3.63) is 267 Å². The average Bonchev–Trinajstić information content (AvgIpc) is 3.58. The second-order valence-corrected chi connectivity index (χ2v) is 21.2. The van der Waals surface area contributed by atoms with Gasteiger partial charge in [0.15, 0.2) is 0 Å². The zero-order valence-corrected chi connectivity index (χ0v) is 43.2. The highest BCUT2D eigenvalue weighted by molar-refractivity contribution is 6.28. The van der Waals surface area contributed by atoms with E-state index in [1.54, 1.807) is 0 Å². The maximum absolute atomic E-state index is 5.44. The van der Waals surface area contributed by atoms with E-state index in [-0.39, 0.29) is 0 Å². The molecule has 0 saturated heterocycles. The van der Waals surface area contributed by atoms with Gasteiger partial charge >= 0.3 is 0 Å². The molecule has 4 heterocycles. The molecule has 0 spiro atoms. The van der Waals surface area contributed by atoms with Crippen LogP contribution in [0.4, 0.5) is 0 Å². The lowest BCUT2D eigenvalue weighted by molar-refractivity contribution is 1.37. The molecule has 0 radical (unpaired) electrons. The molecule has 0 bridgehead atoms. The van der Waals surface area contributed by atoms with Gasteiger partial charge in [-0.2, -0.15) is 0 Å². The minimum atomic E-state index is 0.889. The fraction of sp³-hybridized carbons (Fsp3) is 0. The van der Waals surface area contributed by atoms with E-state index in [2.05, 4.69) is 243 Å². The standard InChI is InChI=1S/C76H44N4/c1-2-16-55-45(11-1)12-8-21-56(55)51-26-32-62-64-34-28-53(43-70(64)60-20-6-4-18-58(60)68(62)41-51)72-36-30-54-44-66(65-22-10-38-78-76(65)75(54)80-72)50-14-7-13-48(39-50)49-25-31-61-63-33-27-52(42-69(63)59-19-5-3-17-57(59)67(61)40-49)71-35-29-47-24-23-46-15-9-37-77-73(46)74(47)79-71/h1-44H. The number of nitrogens with zero attached hydrogens (tertiary/aromatic N) is 4. The third kappa shape index (κ3) is 6.89. The van der Waals surface area contributed by atoms with E-state index in [9.17, 15) is 0 Å². The molecule has 4 heteroatoms. The number of benzene rings is 13. The molecule has 0 aliphatic carbocycles. The van der Waals surface area contributed by atoms with Gasteiger partial charge in [-0.05, 0) is 169 Å². The molecule has 0 saturated carbocycles. The first kappa shape index (κ1) is 44.4. The van der Waals surface area contributed by atoms with Gasteiger partial charge in [-0.1, -0.05) is 194 Å². The molecule has 0 atom stereocenters. The SMILES string of the molecule is c1cc(-c2ccc3c4ccc(-c5ccc6ccc7cccnc7c6n5)cc4c4ccccc4c3c2)cc(-c2cc3ccc(-c4ccc5c6ccc(-c7cccc8ccccc78)cc6c6ccccc6c5c4)nc3c3ncccc23)c1. The molecule has 17 aromatic rings. The van der Waals surface area contributed by atoms with Gasteiger partial charge in [0.2, 0.25) is 0 Å². The Bertz CT molecular complexity index is 5460. The quantitative estimate of drug-likeness (QED) is 0.161. The molecule has 80 heavy (non-hydrogen) atoms. The summed E-state index contributed by atoms with van der Waals surface area (Å²) in [5, 5.41) is 21.6. The second kappa shape index (κ2) is 17.4. The first-order valence-electron chi connectivity index (χ1n) is 27.3. The van der Waals surface area contributed by atoms with E-state index in [0.717, 1.165) is 88.4 Å². The van der Waals surface area contributed by atoms with Crippen LogP contribution in [0.2, 0.25) is 0 Å². The van der Waals surface area contributed by atoms with Crippen molar-refractivity contribution in [1.29, 1.82) is 0 Å². The number of fused-ring (bicyclic) bond motifs is 19. The molecular weight excluding hydrogens is 969 g/mol. The normalized spacial score (nSPS) is 12.0. The van der Waals surface area contributed by atoms with Crippen LogP contribution in [0.15, 0.2) is 267 Å². The maximum atomic E-state index is 5.44. The number of rotatable bonds is 5. The van der Waals surface area contributed by atoms with Crippen molar-refractivity contribution in [2.45, 2.75) is 0 Å². The summed E-state index contributed by atoms with van der Waals surface area (Å²) in [6.07, 6.45) is 3.73. The lowest BCUT2D eigenvalue weighted by Gasteiger charge is -2.15. The summed E-state index contributed by atoms with van der Waals surface area (Å²) >= 11 is 0. The van der Waals surface area contributed by atoms with Crippen LogP contribution in [0.25, 0.3) is 175 Å². The molecule has 368 valence electrons. The molecule has 13 aromatic carbocycles. The Balaban J connectivity index is 0.738. The van der Waals surface area contributed by atoms with Gasteiger partial charge in [0.05, 0.1) is 33.5 Å². The van der Waals surface area contributed by atoms with Gasteiger partial charge in [0.25, 0.3) is 0 Å². The molecule has 4 nitrogen and oxygen atoms in total. The molecule has 0 fully saturated rings. The van der Waals surface area contributed by atoms with Crippen molar-refractivity contribution in [3.63, 3.8) is 0 Å². The molecule has 0 amide bonds. The van der Waals surface area contributed by atoms with Crippen molar-refractivity contribution in [2.75, 3.05) is 0 Å². The predicted molar refractivity (Wildman–Crippen MR) is 337 cm³/mol. The fourth-order valence-corrected chi connectivity index (χ4v) is 13.0. The largest absolute Gasteiger partial charge is 0.254 e. The molecule has 0 aliphatic heterocycles. The summed E-state index contributed by atoms with van der Waals surface area (Å²) in [5.41, 5.74) is 14.7. The van der Waals surface area contributed by atoms with E-state index < -0.39 is 0 Å². The molecule has 17 rings (SSSR count). The van der Waals surface area contributed by atoms with E-state index >= 15 is 0 Å². The Kier molecular flexibility index (Phi) is 9.68. The first-order valence-corrected chi connectivity index (χ1v) is 27.3. The third-order valence-electron chi connectivity index (χ3n) is 16.9. The molecule has 4 aromatic heterocycles. The van der Waals surface area contributed by atoms with Crippen LogP contribution in [-0.4, -0.2) is 19.9 Å². The van der Waals surface area contributed by atoms with Crippen LogP contribution in [0.5, 0.6) is 0 Å². The Morgan fingerprint density at radius 2 is 0.600 bits per heavy atom. The highest BCUT2D eigenvalue weighted by atomic mass is 14.8. The fourth-order valence-electron chi connectivity index (χ4n) is 13.0. The summed E-state index contributed by atoms with van der Waals surface area (Å²) in [4.78, 5) is 20.4. The second-order valence-electron chi connectivity index (χ2n) is 21.2. The van der Waals surface area contributed by atoms with Crippen LogP contribution in [0.3, 0.4) is 0 Å². The number of hydrogen-bond donors (Lipinski definition) is 0. The zero-order chi connectivity index (χ0) is 52.4. The van der Waals surface area contributed by atoms with Gasteiger partial charge in [0, 0.05) is 45.1 Å². The Morgan fingerprint density at radius 3 is 1.26 bits per heavy atom. The van der Waals surface area contributed by atoms with Gasteiger partial charge < -0.3 is 0 Å². The lowest BCUT2D eigenvalue weighted by Crippen LogP contribution is -1.92. The van der Waals surface area contributed by atoms with Crippen molar-refractivity contribution in [2.24, 2.45) is 0 Å². The summed E-state index contributed by atoms with van der Waals surface area (Å²) in [7, 11) is 0. The van der Waals surface area contributed by atoms with Crippen LogP contribution >= 0.6 is 0 Å². The smallest absolute Gasteiger partial charge is 0.0972 e. The van der Waals surface area contributed by atoms with E-state index in [1.807, 2.05) is 24.5 Å². The highest BCUT2D eigenvalue weighted by Gasteiger charge is 2.18. The van der Waals surface area contributed by atoms with Gasteiger partial charge in [-0.15, -0.1) is 0 Å². The molecule has 0 aliphatic rings. The number of hydrogen-bond acceptors (Lipinski definition) is 4. The van der Waals surface area contributed by atoms with Crippen LogP contribution < -0.4 is 0 Å². The van der Waals surface area contributed by atoms with Crippen molar-refractivity contribution < 1.29 is 0 Å². The molecule has 0 unspecified atom stereocenters. The summed E-state index contributed by atoms with van der Waals surface area (Å²) < 4.78 is 0. The van der Waals surface area contributed by atoms with Crippen molar-refractivity contribution in [1.82, 2.24) is 19.9 Å². The Morgan fingerprint density at radius 1 is 0.188 bits per heavy atom. The Hall–Kier alpha value is -10.7. The summed E-state index contributed by atoms with van der Waals surface area (Å²) in [6.45, 7) is 0. The number of pyridine rings is 4. The van der Waals surface area contributed by atoms with E-state index in [1.165, 1.54) is 86.5 Å². The Labute approximate surface area is 459 Å². The first-order chi connectivity index (χ1) is 39.6. The predicted octanol–water partition coefficient (Wildman–Crippen LogP) is 20.3. The van der Waals surface area contributed by atoms with Crippen LogP contribution in [0.1, 0.15) is 0 Å². The van der Waals surface area contributed by atoms with Crippen molar-refractivity contribution in [3.8, 4) is 55.9 Å². The molecule has 0 N–H and O–H groups in total. The average molecular weight is 1010 g/mol. The van der Waals surface area contributed by atoms with Crippen LogP contribution in [-0.2, 0) is 0 Å². The minimum absolute atomic E-state index is 0.889. The van der Waals surface area contributed by atoms with Crippen molar-refractivity contribution >= 4 is 119 Å². The molecular formula is C76H44N4. The number of aromatic nitrogens is 4.